The SMILES string of the molecule is COc1ccc(OC)c2c1Oc1ccc(C(=O)NC(C)(C)C)cc1O2. The topological polar surface area (TPSA) is 66.0 Å². The van der Waals surface area contributed by atoms with Gasteiger partial charge >= 0.3 is 0 Å². The first-order valence-corrected chi connectivity index (χ1v) is 7.89. The third-order valence-electron chi connectivity index (χ3n) is 3.60. The Morgan fingerprint density at radius 1 is 0.920 bits per heavy atom. The fraction of sp³-hybridized carbons (Fsp3) is 0.316. The molecule has 0 unspecified atom stereocenters. The zero-order chi connectivity index (χ0) is 18.2. The zero-order valence-corrected chi connectivity index (χ0v) is 14.9. The molecular formula is C19H21NO5. The van der Waals surface area contributed by atoms with E-state index in [-0.39, 0.29) is 11.4 Å². The maximum absolute atomic E-state index is 12.4. The van der Waals surface area contributed by atoms with Crippen LogP contribution in [0, 0.1) is 0 Å². The van der Waals surface area contributed by atoms with Gasteiger partial charge in [-0.2, -0.15) is 0 Å². The van der Waals surface area contributed by atoms with Gasteiger partial charge < -0.3 is 24.3 Å². The molecular weight excluding hydrogens is 322 g/mol. The van der Waals surface area contributed by atoms with Crippen molar-refractivity contribution in [3.8, 4) is 34.5 Å². The van der Waals surface area contributed by atoms with Crippen LogP contribution in [-0.2, 0) is 0 Å². The van der Waals surface area contributed by atoms with Gasteiger partial charge in [0, 0.05) is 11.1 Å². The number of hydrogen-bond donors (Lipinski definition) is 1. The van der Waals surface area contributed by atoms with Crippen LogP contribution < -0.4 is 24.3 Å². The summed E-state index contributed by atoms with van der Waals surface area (Å²) in [4.78, 5) is 12.4. The number of carbonyl (C=O) groups is 1. The molecule has 0 saturated heterocycles. The molecule has 1 heterocycles. The number of fused-ring (bicyclic) bond motifs is 2. The summed E-state index contributed by atoms with van der Waals surface area (Å²) in [6.07, 6.45) is 0. The van der Waals surface area contributed by atoms with Crippen LogP contribution in [0.15, 0.2) is 30.3 Å². The van der Waals surface area contributed by atoms with E-state index in [1.165, 1.54) is 0 Å². The molecule has 1 N–H and O–H groups in total. The second-order valence-electron chi connectivity index (χ2n) is 6.70. The first kappa shape index (κ1) is 17.0. The van der Waals surface area contributed by atoms with Crippen LogP contribution in [0.2, 0.25) is 0 Å². The van der Waals surface area contributed by atoms with E-state index >= 15 is 0 Å². The minimum Gasteiger partial charge on any atom is -0.493 e. The van der Waals surface area contributed by atoms with Gasteiger partial charge in [-0.05, 0) is 51.1 Å². The van der Waals surface area contributed by atoms with Crippen molar-refractivity contribution >= 4 is 5.91 Å². The number of carbonyl (C=O) groups excluding carboxylic acids is 1. The molecule has 6 nitrogen and oxygen atoms in total. The standard InChI is InChI=1S/C19H21NO5/c1-19(2,3)20-18(21)11-6-7-12-15(10-11)25-17-14(23-5)9-8-13(22-4)16(17)24-12/h6-10H,1-5H3,(H,20,21). The van der Waals surface area contributed by atoms with Crippen molar-refractivity contribution in [1.82, 2.24) is 5.32 Å². The van der Waals surface area contributed by atoms with Crippen LogP contribution in [0.5, 0.6) is 34.5 Å². The summed E-state index contributed by atoms with van der Waals surface area (Å²) in [5.74, 6) is 2.69. The van der Waals surface area contributed by atoms with Gasteiger partial charge in [-0.1, -0.05) is 0 Å². The number of amides is 1. The predicted octanol–water partition coefficient (Wildman–Crippen LogP) is 4.13. The number of hydrogen-bond acceptors (Lipinski definition) is 5. The molecule has 0 aliphatic carbocycles. The van der Waals surface area contributed by atoms with Gasteiger partial charge in [-0.3, -0.25) is 4.79 Å². The summed E-state index contributed by atoms with van der Waals surface area (Å²) >= 11 is 0. The van der Waals surface area contributed by atoms with Crippen molar-refractivity contribution in [3.05, 3.63) is 35.9 Å². The van der Waals surface area contributed by atoms with Crippen LogP contribution >= 0.6 is 0 Å². The third kappa shape index (κ3) is 3.33. The van der Waals surface area contributed by atoms with Gasteiger partial charge in [0.1, 0.15) is 0 Å². The summed E-state index contributed by atoms with van der Waals surface area (Å²) in [7, 11) is 3.11. The third-order valence-corrected chi connectivity index (χ3v) is 3.60. The van der Waals surface area contributed by atoms with E-state index in [0.29, 0.717) is 40.1 Å². The van der Waals surface area contributed by atoms with Crippen molar-refractivity contribution in [2.24, 2.45) is 0 Å². The molecule has 1 aliphatic heterocycles. The van der Waals surface area contributed by atoms with Gasteiger partial charge in [-0.15, -0.1) is 0 Å². The molecule has 1 amide bonds. The average Bonchev–Trinajstić information content (AvgIpc) is 2.57. The Balaban J connectivity index is 1.97. The molecule has 2 aromatic rings. The van der Waals surface area contributed by atoms with E-state index in [1.54, 1.807) is 44.6 Å². The highest BCUT2D eigenvalue weighted by Crippen LogP contribution is 2.53. The number of ether oxygens (including phenoxy) is 4. The largest absolute Gasteiger partial charge is 0.493 e. The van der Waals surface area contributed by atoms with Crippen LogP contribution in [0.4, 0.5) is 0 Å². The first-order valence-electron chi connectivity index (χ1n) is 7.89. The lowest BCUT2D eigenvalue weighted by Crippen LogP contribution is -2.40. The molecule has 0 radical (unpaired) electrons. The number of benzene rings is 2. The number of nitrogens with one attached hydrogen (secondary N) is 1. The summed E-state index contributed by atoms with van der Waals surface area (Å²) in [5, 5.41) is 2.92. The lowest BCUT2D eigenvalue weighted by molar-refractivity contribution is 0.0919. The monoisotopic (exact) mass is 343 g/mol. The second-order valence-corrected chi connectivity index (χ2v) is 6.70. The van der Waals surface area contributed by atoms with E-state index in [1.807, 2.05) is 20.8 Å². The Labute approximate surface area is 146 Å². The molecule has 0 atom stereocenters. The van der Waals surface area contributed by atoms with Gasteiger partial charge in [-0.25, -0.2) is 0 Å². The molecule has 0 bridgehead atoms. The van der Waals surface area contributed by atoms with E-state index in [4.69, 9.17) is 18.9 Å². The lowest BCUT2D eigenvalue weighted by atomic mass is 10.1. The summed E-state index contributed by atoms with van der Waals surface area (Å²) in [5.41, 5.74) is 0.163. The highest BCUT2D eigenvalue weighted by molar-refractivity contribution is 5.95. The minimum atomic E-state index is -0.326. The van der Waals surface area contributed by atoms with Crippen LogP contribution in [-0.4, -0.2) is 25.7 Å². The number of rotatable bonds is 3. The summed E-state index contributed by atoms with van der Waals surface area (Å²) < 4.78 is 22.5. The predicted molar refractivity (Wildman–Crippen MR) is 93.4 cm³/mol. The highest BCUT2D eigenvalue weighted by atomic mass is 16.6. The van der Waals surface area contributed by atoms with Gasteiger partial charge in [0.2, 0.25) is 11.5 Å². The Kier molecular flexibility index (Phi) is 4.20. The van der Waals surface area contributed by atoms with E-state index < -0.39 is 0 Å². The Morgan fingerprint density at radius 2 is 1.48 bits per heavy atom. The Hall–Kier alpha value is -2.89. The van der Waals surface area contributed by atoms with Crippen molar-refractivity contribution in [1.29, 1.82) is 0 Å². The van der Waals surface area contributed by atoms with Crippen LogP contribution in [0.25, 0.3) is 0 Å². The Bertz CT molecular complexity index is 823. The highest BCUT2D eigenvalue weighted by Gasteiger charge is 2.27. The van der Waals surface area contributed by atoms with Crippen molar-refractivity contribution < 1.29 is 23.7 Å². The summed E-state index contributed by atoms with van der Waals surface area (Å²) in [6.45, 7) is 5.78. The van der Waals surface area contributed by atoms with E-state index in [9.17, 15) is 4.79 Å². The fourth-order valence-corrected chi connectivity index (χ4v) is 2.49. The molecule has 0 fully saturated rings. The Morgan fingerprint density at radius 3 is 2.00 bits per heavy atom. The van der Waals surface area contributed by atoms with Crippen LogP contribution in [0.3, 0.4) is 0 Å². The van der Waals surface area contributed by atoms with E-state index in [2.05, 4.69) is 5.32 Å². The molecule has 0 saturated carbocycles. The maximum Gasteiger partial charge on any atom is 0.251 e. The van der Waals surface area contributed by atoms with Crippen molar-refractivity contribution in [2.45, 2.75) is 26.3 Å². The average molecular weight is 343 g/mol. The lowest BCUT2D eigenvalue weighted by Gasteiger charge is -2.24. The molecule has 2 aromatic carbocycles. The minimum absolute atomic E-state index is 0.178. The fourth-order valence-electron chi connectivity index (χ4n) is 2.49. The number of methoxy groups -OCH3 is 2. The van der Waals surface area contributed by atoms with E-state index in [0.717, 1.165) is 0 Å². The smallest absolute Gasteiger partial charge is 0.251 e. The van der Waals surface area contributed by atoms with Gasteiger partial charge in [0.25, 0.3) is 5.91 Å². The first-order chi connectivity index (χ1) is 11.8. The normalized spacial score (nSPS) is 12.2. The summed E-state index contributed by atoms with van der Waals surface area (Å²) in [6, 6.07) is 8.54. The molecule has 25 heavy (non-hydrogen) atoms. The quantitative estimate of drug-likeness (QED) is 0.774. The molecule has 1 aliphatic rings. The molecule has 0 aromatic heterocycles. The van der Waals surface area contributed by atoms with Crippen molar-refractivity contribution in [2.75, 3.05) is 14.2 Å². The van der Waals surface area contributed by atoms with Crippen LogP contribution in [0.1, 0.15) is 31.1 Å². The maximum atomic E-state index is 12.4. The zero-order valence-electron chi connectivity index (χ0n) is 14.9. The molecule has 0 spiro atoms. The molecule has 3 rings (SSSR count). The van der Waals surface area contributed by atoms with Gasteiger partial charge in [0.15, 0.2) is 23.0 Å². The molecule has 132 valence electrons. The molecule has 6 heteroatoms. The van der Waals surface area contributed by atoms with Gasteiger partial charge in [0.05, 0.1) is 14.2 Å². The van der Waals surface area contributed by atoms with Crippen molar-refractivity contribution in [3.63, 3.8) is 0 Å². The second kappa shape index (κ2) is 6.20.